The first kappa shape index (κ1) is 26.9. The molecule has 0 aliphatic carbocycles. The first-order valence-electron chi connectivity index (χ1n) is 12.5. The second kappa shape index (κ2) is 11.5. The predicted molar refractivity (Wildman–Crippen MR) is 151 cm³/mol. The van der Waals surface area contributed by atoms with Gasteiger partial charge in [0, 0.05) is 67.3 Å². The number of amides is 1. The largest absolute Gasteiger partial charge is 0.495 e. The van der Waals surface area contributed by atoms with Crippen molar-refractivity contribution in [1.29, 1.82) is 5.41 Å². The van der Waals surface area contributed by atoms with Gasteiger partial charge >= 0.3 is 0 Å². The topological polar surface area (TPSA) is 95.1 Å². The Hall–Kier alpha value is -3.14. The number of likely N-dealkylation sites (tertiary alicyclic amines) is 1. The molecule has 1 aromatic heterocycles. The molecule has 1 aromatic carbocycles. The lowest BCUT2D eigenvalue weighted by molar-refractivity contribution is -0.125. The zero-order chi connectivity index (χ0) is 26.7. The van der Waals surface area contributed by atoms with Gasteiger partial charge in [-0.15, -0.1) is 11.3 Å². The number of ether oxygens (including phenoxy) is 2. The standard InChI is InChI=1S/C28H37N5O3S/c1-18-13-20-15-24(37-27(20)23(14-18)36-5)22-17-33(28(30)26(22)19(2)29)21-8-10-32(16-21)25(34)7-6-9-31(3)11-12-35-4/h6-7,13-15,17,21,30H,8-12,16,29H2,1-5H3/b7-6+,26-19+,30-28?. The fourth-order valence-electron chi connectivity index (χ4n) is 4.89. The van der Waals surface area contributed by atoms with Gasteiger partial charge in [-0.2, -0.15) is 0 Å². The van der Waals surface area contributed by atoms with Crippen molar-refractivity contribution in [3.63, 3.8) is 0 Å². The van der Waals surface area contributed by atoms with Crippen LogP contribution in [0.2, 0.25) is 0 Å². The van der Waals surface area contributed by atoms with Crippen molar-refractivity contribution in [3.8, 4) is 5.75 Å². The molecule has 3 heterocycles. The molecule has 0 radical (unpaired) electrons. The summed E-state index contributed by atoms with van der Waals surface area (Å²) in [5.74, 6) is 1.26. The number of aryl methyl sites for hydroxylation is 1. The average molecular weight is 524 g/mol. The summed E-state index contributed by atoms with van der Waals surface area (Å²) in [6, 6.07) is 6.38. The van der Waals surface area contributed by atoms with E-state index in [0.29, 0.717) is 37.8 Å². The maximum absolute atomic E-state index is 12.8. The zero-order valence-electron chi connectivity index (χ0n) is 22.3. The van der Waals surface area contributed by atoms with Gasteiger partial charge in [0.05, 0.1) is 24.5 Å². The second-order valence-electron chi connectivity index (χ2n) is 9.74. The number of hydrogen-bond donors (Lipinski definition) is 2. The van der Waals surface area contributed by atoms with Crippen LogP contribution in [0.15, 0.2) is 47.8 Å². The van der Waals surface area contributed by atoms with Crippen LogP contribution >= 0.6 is 11.3 Å². The highest BCUT2D eigenvalue weighted by Gasteiger charge is 2.36. The Labute approximate surface area is 223 Å². The lowest BCUT2D eigenvalue weighted by atomic mass is 10.0. The zero-order valence-corrected chi connectivity index (χ0v) is 23.2. The number of methoxy groups -OCH3 is 2. The van der Waals surface area contributed by atoms with Gasteiger partial charge < -0.3 is 29.9 Å². The molecule has 1 saturated heterocycles. The van der Waals surface area contributed by atoms with Crippen molar-refractivity contribution in [1.82, 2.24) is 14.7 Å². The number of nitrogens with two attached hydrogens (primary N) is 1. The number of carbonyl (C=O) groups excluding carboxylic acids is 1. The van der Waals surface area contributed by atoms with Gasteiger partial charge in [0.15, 0.2) is 0 Å². The third-order valence-corrected chi connectivity index (χ3v) is 8.06. The van der Waals surface area contributed by atoms with E-state index in [1.165, 1.54) is 0 Å². The third kappa shape index (κ3) is 5.74. The SMILES string of the molecule is COCCN(C)C/C=C/C(=O)N1CCC(N2C=C(c3cc4cc(C)cc(OC)c4s3)/C(=C(/C)N)C2=N)C1. The molecule has 4 rings (SSSR count). The smallest absolute Gasteiger partial charge is 0.246 e. The molecule has 2 aliphatic heterocycles. The van der Waals surface area contributed by atoms with Crippen molar-refractivity contribution in [2.45, 2.75) is 26.3 Å². The van der Waals surface area contributed by atoms with Crippen LogP contribution in [0.25, 0.3) is 15.7 Å². The van der Waals surface area contributed by atoms with E-state index in [-0.39, 0.29) is 11.9 Å². The highest BCUT2D eigenvalue weighted by atomic mass is 32.1. The lowest BCUT2D eigenvalue weighted by Gasteiger charge is -2.24. The molecular weight excluding hydrogens is 486 g/mol. The van der Waals surface area contributed by atoms with Crippen LogP contribution in [0.3, 0.4) is 0 Å². The summed E-state index contributed by atoms with van der Waals surface area (Å²) < 4.78 is 11.8. The van der Waals surface area contributed by atoms with Gasteiger partial charge in [-0.3, -0.25) is 10.2 Å². The molecule has 1 amide bonds. The minimum atomic E-state index is 0.00955. The van der Waals surface area contributed by atoms with Crippen molar-refractivity contribution in [2.75, 3.05) is 54.1 Å². The van der Waals surface area contributed by atoms with Crippen molar-refractivity contribution >= 4 is 38.7 Å². The summed E-state index contributed by atoms with van der Waals surface area (Å²) in [5.41, 5.74) is 9.77. The van der Waals surface area contributed by atoms with Crippen LogP contribution in [0.1, 0.15) is 23.8 Å². The number of rotatable bonds is 9. The van der Waals surface area contributed by atoms with Crippen LogP contribution < -0.4 is 10.5 Å². The Morgan fingerprint density at radius 1 is 1.32 bits per heavy atom. The Morgan fingerprint density at radius 2 is 2.11 bits per heavy atom. The third-order valence-electron chi connectivity index (χ3n) is 6.86. The molecule has 1 unspecified atom stereocenters. The van der Waals surface area contributed by atoms with Crippen LogP contribution in [-0.4, -0.2) is 86.5 Å². The molecule has 9 heteroatoms. The Morgan fingerprint density at radius 3 is 2.81 bits per heavy atom. The van der Waals surface area contributed by atoms with E-state index < -0.39 is 0 Å². The van der Waals surface area contributed by atoms with Crippen LogP contribution in [0, 0.1) is 12.3 Å². The molecule has 1 atom stereocenters. The highest BCUT2D eigenvalue weighted by Crippen LogP contribution is 2.43. The summed E-state index contributed by atoms with van der Waals surface area (Å²) in [6.07, 6.45) is 6.40. The van der Waals surface area contributed by atoms with E-state index in [1.807, 2.05) is 42.1 Å². The van der Waals surface area contributed by atoms with Crippen molar-refractivity contribution in [3.05, 3.63) is 58.3 Å². The number of thiophene rings is 1. The average Bonchev–Trinajstić information content (AvgIpc) is 3.58. The maximum atomic E-state index is 12.8. The fourth-order valence-corrected chi connectivity index (χ4v) is 6.04. The highest BCUT2D eigenvalue weighted by molar-refractivity contribution is 7.20. The van der Waals surface area contributed by atoms with Crippen LogP contribution in [0.5, 0.6) is 5.75 Å². The van der Waals surface area contributed by atoms with Gasteiger partial charge in [0.25, 0.3) is 0 Å². The fraction of sp³-hybridized carbons (Fsp3) is 0.429. The molecule has 37 heavy (non-hydrogen) atoms. The van der Waals surface area contributed by atoms with Crippen molar-refractivity contribution in [2.24, 2.45) is 5.73 Å². The Bertz CT molecular complexity index is 1270. The summed E-state index contributed by atoms with van der Waals surface area (Å²) in [7, 11) is 5.38. The van der Waals surface area contributed by atoms with E-state index in [0.717, 1.165) is 50.4 Å². The number of nitrogens with one attached hydrogen (secondary N) is 1. The van der Waals surface area contributed by atoms with E-state index >= 15 is 0 Å². The minimum absolute atomic E-state index is 0.00955. The minimum Gasteiger partial charge on any atom is -0.495 e. The molecule has 3 N–H and O–H groups in total. The summed E-state index contributed by atoms with van der Waals surface area (Å²) >= 11 is 1.65. The van der Waals surface area contributed by atoms with Gasteiger partial charge in [0.1, 0.15) is 11.6 Å². The lowest BCUT2D eigenvalue weighted by Crippen LogP contribution is -2.37. The van der Waals surface area contributed by atoms with E-state index in [4.69, 9.17) is 20.6 Å². The van der Waals surface area contributed by atoms with E-state index in [9.17, 15) is 4.79 Å². The number of allylic oxidation sites excluding steroid dienone is 1. The van der Waals surface area contributed by atoms with Crippen LogP contribution in [0.4, 0.5) is 0 Å². The number of carbonyl (C=O) groups is 1. The maximum Gasteiger partial charge on any atom is 0.246 e. The second-order valence-corrected chi connectivity index (χ2v) is 10.8. The number of hydrogen-bond acceptors (Lipinski definition) is 7. The summed E-state index contributed by atoms with van der Waals surface area (Å²) in [6.45, 7) is 7.32. The summed E-state index contributed by atoms with van der Waals surface area (Å²) in [5, 5.41) is 10.1. The van der Waals surface area contributed by atoms with Gasteiger partial charge in [-0.05, 0) is 50.4 Å². The summed E-state index contributed by atoms with van der Waals surface area (Å²) in [4.78, 5) is 19.8. The molecular formula is C28H37N5O3S. The predicted octanol–water partition coefficient (Wildman–Crippen LogP) is 3.82. The van der Waals surface area contributed by atoms with E-state index in [1.54, 1.807) is 31.6 Å². The number of benzene rings is 1. The molecule has 1 fully saturated rings. The molecule has 2 aromatic rings. The Kier molecular flexibility index (Phi) is 8.36. The molecule has 0 saturated carbocycles. The Balaban J connectivity index is 1.51. The van der Waals surface area contributed by atoms with Gasteiger partial charge in [0.2, 0.25) is 5.91 Å². The van der Waals surface area contributed by atoms with Gasteiger partial charge in [-0.25, -0.2) is 0 Å². The van der Waals surface area contributed by atoms with Crippen LogP contribution in [-0.2, 0) is 9.53 Å². The molecule has 198 valence electrons. The number of fused-ring (bicyclic) bond motifs is 1. The molecule has 0 bridgehead atoms. The number of nitrogens with zero attached hydrogens (tertiary/aromatic N) is 3. The van der Waals surface area contributed by atoms with Crippen molar-refractivity contribution < 1.29 is 14.3 Å². The monoisotopic (exact) mass is 523 g/mol. The quantitative estimate of drug-likeness (QED) is 0.485. The first-order valence-corrected chi connectivity index (χ1v) is 13.3. The van der Waals surface area contributed by atoms with E-state index in [2.05, 4.69) is 24.0 Å². The normalized spacial score (nSPS) is 19.6. The number of amidine groups is 1. The van der Waals surface area contributed by atoms with Gasteiger partial charge in [-0.1, -0.05) is 12.1 Å². The first-order chi connectivity index (χ1) is 17.7. The molecule has 8 nitrogen and oxygen atoms in total. The molecule has 2 aliphatic rings. The number of likely N-dealkylation sites (N-methyl/N-ethyl adjacent to an activating group) is 1. The molecule has 0 spiro atoms.